The van der Waals surface area contributed by atoms with Gasteiger partial charge in [0, 0.05) is 41.8 Å². The van der Waals surface area contributed by atoms with Crippen LogP contribution in [0.4, 0.5) is 10.5 Å². The van der Waals surface area contributed by atoms with Crippen LogP contribution in [0, 0.1) is 5.92 Å². The Kier molecular flexibility index (Phi) is 7.35. The van der Waals surface area contributed by atoms with E-state index in [2.05, 4.69) is 15.6 Å². The van der Waals surface area contributed by atoms with E-state index in [1.54, 1.807) is 17.5 Å². The number of carbonyl (C=O) groups is 1. The highest BCUT2D eigenvalue weighted by Crippen LogP contribution is 2.24. The smallest absolute Gasteiger partial charge is 0.319 e. The molecule has 0 unspecified atom stereocenters. The minimum absolute atomic E-state index is 0.134. The molecule has 1 heterocycles. The standard InChI is InChI=1S/C22H26N4O2S/c1-26(2)15-18(20(27)16-6-4-3-5-7-16)14-24-22(28)25-19-10-8-17(9-11-19)21-23-12-13-29-21/h3-13,18,20,27H,14-15H2,1-2H3,(H2,24,25,28)/t18-,20-/m0/s1. The van der Waals surface area contributed by atoms with Crippen LogP contribution in [0.5, 0.6) is 0 Å². The Morgan fingerprint density at radius 1 is 1.14 bits per heavy atom. The monoisotopic (exact) mass is 410 g/mol. The summed E-state index contributed by atoms with van der Waals surface area (Å²) in [6, 6.07) is 16.8. The van der Waals surface area contributed by atoms with Crippen LogP contribution in [-0.2, 0) is 0 Å². The molecule has 0 radical (unpaired) electrons. The number of rotatable bonds is 8. The summed E-state index contributed by atoms with van der Waals surface area (Å²) in [5.41, 5.74) is 2.57. The van der Waals surface area contributed by atoms with Crippen LogP contribution in [0.3, 0.4) is 0 Å². The van der Waals surface area contributed by atoms with Gasteiger partial charge in [0.15, 0.2) is 0 Å². The van der Waals surface area contributed by atoms with Gasteiger partial charge in [0.1, 0.15) is 5.01 Å². The summed E-state index contributed by atoms with van der Waals surface area (Å²) in [6.45, 7) is 1.01. The van der Waals surface area contributed by atoms with Gasteiger partial charge in [-0.1, -0.05) is 30.3 Å². The van der Waals surface area contributed by atoms with Crippen molar-refractivity contribution in [2.24, 2.45) is 5.92 Å². The first-order chi connectivity index (χ1) is 14.0. The lowest BCUT2D eigenvalue weighted by molar-refractivity contribution is 0.0911. The topological polar surface area (TPSA) is 77.5 Å². The number of thiazole rings is 1. The predicted octanol–water partition coefficient (Wildman–Crippen LogP) is 3.84. The van der Waals surface area contributed by atoms with E-state index in [9.17, 15) is 9.90 Å². The number of carbonyl (C=O) groups excluding carboxylic acids is 1. The zero-order chi connectivity index (χ0) is 20.6. The summed E-state index contributed by atoms with van der Waals surface area (Å²) < 4.78 is 0. The molecule has 3 aromatic rings. The first-order valence-electron chi connectivity index (χ1n) is 9.45. The second-order valence-electron chi connectivity index (χ2n) is 7.13. The summed E-state index contributed by atoms with van der Waals surface area (Å²) in [6.07, 6.45) is 1.12. The van der Waals surface area contributed by atoms with Gasteiger partial charge in [-0.25, -0.2) is 9.78 Å². The highest BCUT2D eigenvalue weighted by atomic mass is 32.1. The van der Waals surface area contributed by atoms with Crippen molar-refractivity contribution in [3.05, 3.63) is 71.7 Å². The molecule has 6 nitrogen and oxygen atoms in total. The lowest BCUT2D eigenvalue weighted by Crippen LogP contribution is -2.39. The van der Waals surface area contributed by atoms with Crippen molar-refractivity contribution in [1.82, 2.24) is 15.2 Å². The number of hydrogen-bond acceptors (Lipinski definition) is 5. The van der Waals surface area contributed by atoms with Gasteiger partial charge in [-0.05, 0) is 43.9 Å². The van der Waals surface area contributed by atoms with E-state index in [0.29, 0.717) is 18.8 Å². The van der Waals surface area contributed by atoms with E-state index in [0.717, 1.165) is 16.1 Å². The zero-order valence-corrected chi connectivity index (χ0v) is 17.4. The Morgan fingerprint density at radius 3 is 2.48 bits per heavy atom. The van der Waals surface area contributed by atoms with E-state index in [4.69, 9.17) is 0 Å². The molecule has 0 saturated carbocycles. The average Bonchev–Trinajstić information content (AvgIpc) is 3.26. The molecule has 0 spiro atoms. The summed E-state index contributed by atoms with van der Waals surface area (Å²) in [5.74, 6) is -0.134. The summed E-state index contributed by atoms with van der Waals surface area (Å²) in [5, 5.41) is 19.4. The number of anilines is 1. The Labute approximate surface area is 175 Å². The van der Waals surface area contributed by atoms with Crippen molar-refractivity contribution >= 4 is 23.1 Å². The van der Waals surface area contributed by atoms with Crippen molar-refractivity contribution in [1.29, 1.82) is 0 Å². The number of aliphatic hydroxyl groups is 1. The average molecular weight is 411 g/mol. The van der Waals surface area contributed by atoms with Gasteiger partial charge in [-0.2, -0.15) is 0 Å². The number of hydrogen-bond donors (Lipinski definition) is 3. The molecule has 2 atom stereocenters. The van der Waals surface area contributed by atoms with Gasteiger partial charge < -0.3 is 20.6 Å². The zero-order valence-electron chi connectivity index (χ0n) is 16.6. The maximum atomic E-state index is 12.3. The van der Waals surface area contributed by atoms with Crippen LogP contribution in [-0.4, -0.2) is 48.2 Å². The number of aromatic nitrogens is 1. The third kappa shape index (κ3) is 6.12. The maximum absolute atomic E-state index is 12.3. The van der Waals surface area contributed by atoms with Crippen LogP contribution < -0.4 is 10.6 Å². The van der Waals surface area contributed by atoms with Gasteiger partial charge in [-0.3, -0.25) is 0 Å². The second kappa shape index (κ2) is 10.2. The van der Waals surface area contributed by atoms with E-state index in [-0.39, 0.29) is 11.9 Å². The Bertz CT molecular complexity index is 883. The largest absolute Gasteiger partial charge is 0.388 e. The van der Waals surface area contributed by atoms with Gasteiger partial charge in [0.2, 0.25) is 0 Å². The fraction of sp³-hybridized carbons (Fsp3) is 0.273. The SMILES string of the molecule is CN(C)C[C@H](CNC(=O)Nc1ccc(-c2nccs2)cc1)[C@@H](O)c1ccccc1. The third-order valence-electron chi connectivity index (χ3n) is 4.53. The minimum Gasteiger partial charge on any atom is -0.388 e. The molecule has 2 amide bonds. The molecule has 29 heavy (non-hydrogen) atoms. The fourth-order valence-electron chi connectivity index (χ4n) is 3.13. The molecule has 0 aliphatic heterocycles. The number of nitrogens with zero attached hydrogens (tertiary/aromatic N) is 2. The summed E-state index contributed by atoms with van der Waals surface area (Å²) >= 11 is 1.57. The second-order valence-corrected chi connectivity index (χ2v) is 8.02. The van der Waals surface area contributed by atoms with E-state index < -0.39 is 6.10 Å². The fourth-order valence-corrected chi connectivity index (χ4v) is 3.77. The summed E-state index contributed by atoms with van der Waals surface area (Å²) in [4.78, 5) is 18.6. The van der Waals surface area contributed by atoms with Crippen LogP contribution in [0.25, 0.3) is 10.6 Å². The molecule has 0 saturated heterocycles. The molecule has 3 N–H and O–H groups in total. The highest BCUT2D eigenvalue weighted by Gasteiger charge is 2.22. The lowest BCUT2D eigenvalue weighted by atomic mass is 9.95. The van der Waals surface area contributed by atoms with Crippen LogP contribution >= 0.6 is 11.3 Å². The van der Waals surface area contributed by atoms with Crippen molar-refractivity contribution in [2.45, 2.75) is 6.10 Å². The molecular formula is C22H26N4O2S. The van der Waals surface area contributed by atoms with Gasteiger partial charge in [0.25, 0.3) is 0 Å². The van der Waals surface area contributed by atoms with Gasteiger partial charge >= 0.3 is 6.03 Å². The molecule has 0 aliphatic rings. The van der Waals surface area contributed by atoms with Gasteiger partial charge in [0.05, 0.1) is 6.10 Å². The van der Waals surface area contributed by atoms with E-state index in [1.807, 2.05) is 79.0 Å². The molecule has 3 rings (SSSR count). The Balaban J connectivity index is 1.56. The third-order valence-corrected chi connectivity index (χ3v) is 5.36. The quantitative estimate of drug-likeness (QED) is 0.527. The number of urea groups is 1. The number of benzene rings is 2. The Hall–Kier alpha value is -2.74. The molecular weight excluding hydrogens is 384 g/mol. The van der Waals surface area contributed by atoms with Crippen molar-refractivity contribution in [2.75, 3.05) is 32.5 Å². The van der Waals surface area contributed by atoms with Crippen LogP contribution in [0.1, 0.15) is 11.7 Å². The van der Waals surface area contributed by atoms with Crippen LogP contribution in [0.15, 0.2) is 66.2 Å². The Morgan fingerprint density at radius 2 is 1.86 bits per heavy atom. The highest BCUT2D eigenvalue weighted by molar-refractivity contribution is 7.13. The molecule has 2 aromatic carbocycles. The number of nitrogens with one attached hydrogen (secondary N) is 2. The van der Waals surface area contributed by atoms with Crippen molar-refractivity contribution in [3.63, 3.8) is 0 Å². The van der Waals surface area contributed by atoms with E-state index in [1.165, 1.54) is 0 Å². The molecule has 7 heteroatoms. The van der Waals surface area contributed by atoms with Crippen molar-refractivity contribution < 1.29 is 9.90 Å². The van der Waals surface area contributed by atoms with E-state index >= 15 is 0 Å². The van der Waals surface area contributed by atoms with Crippen molar-refractivity contribution in [3.8, 4) is 10.6 Å². The first kappa shape index (κ1) is 21.0. The molecule has 0 bridgehead atoms. The molecule has 1 aromatic heterocycles. The molecule has 0 aliphatic carbocycles. The molecule has 152 valence electrons. The number of amides is 2. The molecule has 0 fully saturated rings. The van der Waals surface area contributed by atoms with Crippen LogP contribution in [0.2, 0.25) is 0 Å². The summed E-state index contributed by atoms with van der Waals surface area (Å²) in [7, 11) is 3.91. The minimum atomic E-state index is -0.656. The van der Waals surface area contributed by atoms with Gasteiger partial charge in [-0.15, -0.1) is 11.3 Å². The maximum Gasteiger partial charge on any atom is 0.319 e. The number of aliphatic hydroxyl groups excluding tert-OH is 1. The lowest BCUT2D eigenvalue weighted by Gasteiger charge is -2.26. The first-order valence-corrected chi connectivity index (χ1v) is 10.3. The normalized spacial score (nSPS) is 13.1. The predicted molar refractivity (Wildman–Crippen MR) is 118 cm³/mol.